The molecule has 0 bridgehead atoms. The second kappa shape index (κ2) is 11.5. The first-order valence-corrected chi connectivity index (χ1v) is 8.85. The summed E-state index contributed by atoms with van der Waals surface area (Å²) in [6, 6.07) is 7.67. The lowest BCUT2D eigenvalue weighted by molar-refractivity contribution is -0.138. The van der Waals surface area contributed by atoms with Crippen LogP contribution in [-0.4, -0.2) is 23.7 Å². The molecule has 0 amide bonds. The summed E-state index contributed by atoms with van der Waals surface area (Å²) in [6.07, 6.45) is 10.2. The number of hydrogen-bond acceptors (Lipinski definition) is 3. The van der Waals surface area contributed by atoms with E-state index in [4.69, 9.17) is 15.6 Å². The molecule has 1 aliphatic rings. The monoisotopic (exact) mass is 399 g/mol. The van der Waals surface area contributed by atoms with Gasteiger partial charge < -0.3 is 15.6 Å². The number of halogens is 1. The van der Waals surface area contributed by atoms with E-state index in [0.717, 1.165) is 24.5 Å². The molecular weight excluding hydrogens is 370 g/mol. The Labute approximate surface area is 155 Å². The van der Waals surface area contributed by atoms with Crippen LogP contribution >= 0.6 is 17.0 Å². The molecular formula is C19H30BrNO3. The van der Waals surface area contributed by atoms with Crippen molar-refractivity contribution < 1.29 is 14.6 Å². The third kappa shape index (κ3) is 7.67. The van der Waals surface area contributed by atoms with Gasteiger partial charge in [0.15, 0.2) is 0 Å². The van der Waals surface area contributed by atoms with Crippen LogP contribution in [0.2, 0.25) is 0 Å². The fourth-order valence-corrected chi connectivity index (χ4v) is 3.23. The van der Waals surface area contributed by atoms with Gasteiger partial charge in [-0.05, 0) is 49.3 Å². The van der Waals surface area contributed by atoms with Crippen molar-refractivity contribution in [1.29, 1.82) is 0 Å². The Hall–Kier alpha value is -1.07. The summed E-state index contributed by atoms with van der Waals surface area (Å²) in [5.74, 6) is 0.813. The molecule has 0 aliphatic heterocycles. The van der Waals surface area contributed by atoms with Crippen LogP contribution in [-0.2, 0) is 11.2 Å². The maximum Gasteiger partial charge on any atom is 0.320 e. The molecule has 2 rings (SSSR count). The summed E-state index contributed by atoms with van der Waals surface area (Å²) in [5, 5.41) is 8.70. The topological polar surface area (TPSA) is 72.5 Å². The van der Waals surface area contributed by atoms with E-state index in [1.54, 1.807) is 0 Å². The van der Waals surface area contributed by atoms with Gasteiger partial charge in [0.25, 0.3) is 0 Å². The van der Waals surface area contributed by atoms with Crippen LogP contribution in [0.3, 0.4) is 0 Å². The quantitative estimate of drug-likeness (QED) is 0.605. The van der Waals surface area contributed by atoms with Gasteiger partial charge in [0.05, 0.1) is 6.61 Å². The molecule has 4 nitrogen and oxygen atoms in total. The van der Waals surface area contributed by atoms with Gasteiger partial charge in [-0.15, -0.1) is 17.0 Å². The van der Waals surface area contributed by atoms with E-state index in [9.17, 15) is 4.79 Å². The van der Waals surface area contributed by atoms with E-state index in [-0.39, 0.29) is 17.0 Å². The first kappa shape index (κ1) is 21.0. The summed E-state index contributed by atoms with van der Waals surface area (Å²) < 4.78 is 5.71. The number of carboxylic acids is 1. The molecule has 0 saturated heterocycles. The molecule has 1 atom stereocenters. The van der Waals surface area contributed by atoms with Crippen LogP contribution in [0.4, 0.5) is 0 Å². The van der Waals surface area contributed by atoms with Gasteiger partial charge in [0.2, 0.25) is 0 Å². The van der Waals surface area contributed by atoms with Gasteiger partial charge in [-0.25, -0.2) is 0 Å². The van der Waals surface area contributed by atoms with Crippen molar-refractivity contribution in [3.8, 4) is 5.75 Å². The Morgan fingerprint density at radius 2 is 1.83 bits per heavy atom. The van der Waals surface area contributed by atoms with Crippen molar-refractivity contribution >= 4 is 23.0 Å². The summed E-state index contributed by atoms with van der Waals surface area (Å²) in [7, 11) is 0. The highest BCUT2D eigenvalue weighted by Crippen LogP contribution is 2.27. The van der Waals surface area contributed by atoms with Crippen LogP contribution in [0.5, 0.6) is 5.75 Å². The van der Waals surface area contributed by atoms with Gasteiger partial charge in [-0.1, -0.05) is 44.2 Å². The maximum atomic E-state index is 10.6. The van der Waals surface area contributed by atoms with Crippen LogP contribution < -0.4 is 10.5 Å². The normalized spacial score (nSPS) is 16.2. The fourth-order valence-electron chi connectivity index (χ4n) is 3.23. The molecule has 1 aromatic rings. The molecule has 1 aromatic carbocycles. The van der Waals surface area contributed by atoms with Crippen molar-refractivity contribution in [1.82, 2.24) is 0 Å². The summed E-state index contributed by atoms with van der Waals surface area (Å²) >= 11 is 0. The van der Waals surface area contributed by atoms with E-state index in [0.29, 0.717) is 13.0 Å². The lowest BCUT2D eigenvalue weighted by Gasteiger charge is -2.21. The Balaban J connectivity index is 0.00000288. The molecule has 0 aromatic heterocycles. The highest BCUT2D eigenvalue weighted by atomic mass is 79.9. The molecule has 1 saturated carbocycles. The van der Waals surface area contributed by atoms with Gasteiger partial charge in [0, 0.05) is 0 Å². The number of aliphatic carboxylic acids is 1. The van der Waals surface area contributed by atoms with Crippen molar-refractivity contribution in [3.63, 3.8) is 0 Å². The number of nitrogens with two attached hydrogens (primary N) is 1. The molecule has 0 spiro atoms. The van der Waals surface area contributed by atoms with Crippen LogP contribution in [0, 0.1) is 5.92 Å². The Bertz CT molecular complexity index is 472. The first-order valence-electron chi connectivity index (χ1n) is 8.85. The van der Waals surface area contributed by atoms with Gasteiger partial charge in [-0.2, -0.15) is 0 Å². The van der Waals surface area contributed by atoms with E-state index in [1.165, 1.54) is 44.1 Å². The molecule has 136 valence electrons. The molecule has 0 unspecified atom stereocenters. The highest BCUT2D eigenvalue weighted by Gasteiger charge is 2.13. The zero-order chi connectivity index (χ0) is 16.5. The number of hydrogen-bond donors (Lipinski definition) is 2. The summed E-state index contributed by atoms with van der Waals surface area (Å²) in [4.78, 5) is 10.6. The predicted molar refractivity (Wildman–Crippen MR) is 102 cm³/mol. The minimum atomic E-state index is -0.931. The Morgan fingerprint density at radius 3 is 2.46 bits per heavy atom. The predicted octanol–water partition coefficient (Wildman–Crippen LogP) is 4.35. The van der Waals surface area contributed by atoms with Crippen molar-refractivity contribution in [2.45, 2.75) is 63.8 Å². The maximum absolute atomic E-state index is 10.6. The van der Waals surface area contributed by atoms with Crippen molar-refractivity contribution in [3.05, 3.63) is 29.8 Å². The molecule has 5 heteroatoms. The van der Waals surface area contributed by atoms with Crippen molar-refractivity contribution in [2.75, 3.05) is 6.61 Å². The van der Waals surface area contributed by atoms with Crippen LogP contribution in [0.25, 0.3) is 0 Å². The van der Waals surface area contributed by atoms with Crippen LogP contribution in [0.15, 0.2) is 24.3 Å². The third-order valence-corrected chi connectivity index (χ3v) is 4.67. The van der Waals surface area contributed by atoms with Crippen molar-refractivity contribution in [2.24, 2.45) is 11.7 Å². The number of ether oxygens (including phenoxy) is 1. The Kier molecular flexibility index (Phi) is 10.0. The zero-order valence-electron chi connectivity index (χ0n) is 14.3. The second-order valence-corrected chi connectivity index (χ2v) is 6.64. The molecule has 1 aliphatic carbocycles. The van der Waals surface area contributed by atoms with Gasteiger partial charge in [-0.3, -0.25) is 4.79 Å². The van der Waals surface area contributed by atoms with Crippen LogP contribution in [0.1, 0.15) is 56.9 Å². The van der Waals surface area contributed by atoms with E-state index >= 15 is 0 Å². The molecule has 1 fully saturated rings. The SMILES string of the molecule is Br.N[C@@H](CCCCOc1ccc(CC2CCCCC2)cc1)C(=O)O. The smallest absolute Gasteiger partial charge is 0.320 e. The minimum Gasteiger partial charge on any atom is -0.494 e. The first-order chi connectivity index (χ1) is 11.1. The Morgan fingerprint density at radius 1 is 1.17 bits per heavy atom. The molecule has 24 heavy (non-hydrogen) atoms. The number of unbranched alkanes of at least 4 members (excludes halogenated alkanes) is 1. The highest BCUT2D eigenvalue weighted by molar-refractivity contribution is 8.93. The average Bonchev–Trinajstić information content (AvgIpc) is 2.56. The number of carbonyl (C=O) groups is 1. The average molecular weight is 400 g/mol. The standard InChI is InChI=1S/C19H29NO3.BrH/c20-18(19(21)22)8-4-5-13-23-17-11-9-16(10-12-17)14-15-6-2-1-3-7-15;/h9-12,15,18H,1-8,13-14,20H2,(H,21,22);1H/t18-;/m0./s1. The summed E-state index contributed by atoms with van der Waals surface area (Å²) in [5.41, 5.74) is 6.86. The van der Waals surface area contributed by atoms with Gasteiger partial charge >= 0.3 is 5.97 Å². The van der Waals surface area contributed by atoms with Gasteiger partial charge in [0.1, 0.15) is 11.8 Å². The lowest BCUT2D eigenvalue weighted by atomic mass is 9.85. The van der Waals surface area contributed by atoms with E-state index < -0.39 is 12.0 Å². The zero-order valence-corrected chi connectivity index (χ0v) is 16.0. The number of carboxylic acid groups (broad SMARTS) is 1. The molecule has 0 radical (unpaired) electrons. The third-order valence-electron chi connectivity index (χ3n) is 4.67. The van der Waals surface area contributed by atoms with E-state index in [2.05, 4.69) is 12.1 Å². The fraction of sp³-hybridized carbons (Fsp3) is 0.632. The number of benzene rings is 1. The lowest BCUT2D eigenvalue weighted by Crippen LogP contribution is -2.29. The molecule has 3 N–H and O–H groups in total. The second-order valence-electron chi connectivity index (χ2n) is 6.64. The van der Waals surface area contributed by atoms with E-state index in [1.807, 2.05) is 12.1 Å². The largest absolute Gasteiger partial charge is 0.494 e. The number of rotatable bonds is 9. The molecule has 0 heterocycles. The minimum absolute atomic E-state index is 0. The summed E-state index contributed by atoms with van der Waals surface area (Å²) in [6.45, 7) is 0.605.